The quantitative estimate of drug-likeness (QED) is 0.549. The Labute approximate surface area is 98.2 Å². The van der Waals surface area contributed by atoms with E-state index in [0.29, 0.717) is 0 Å². The number of likely N-dealkylation sites (N-methyl/N-ethyl adjacent to an activating group) is 1. The molecule has 1 unspecified atom stereocenters. The molecule has 0 bridgehead atoms. The third-order valence-corrected chi connectivity index (χ3v) is 1.16. The van der Waals surface area contributed by atoms with E-state index >= 15 is 0 Å². The van der Waals surface area contributed by atoms with Crippen molar-refractivity contribution in [3.05, 3.63) is 12.2 Å². The van der Waals surface area contributed by atoms with Gasteiger partial charge in [0.15, 0.2) is 0 Å². The minimum Gasteiger partial charge on any atom is -0.545 e. The summed E-state index contributed by atoms with van der Waals surface area (Å²) >= 11 is 0. The zero-order valence-electron chi connectivity index (χ0n) is 10.1. The van der Waals surface area contributed by atoms with E-state index in [1.165, 1.54) is 6.92 Å². The van der Waals surface area contributed by atoms with Gasteiger partial charge in [-0.25, -0.2) is 0 Å². The van der Waals surface area contributed by atoms with Crippen molar-refractivity contribution in [3.8, 4) is 0 Å². The fourth-order valence-corrected chi connectivity index (χ4v) is 0.793. The molecule has 0 fully saturated rings. The zero-order valence-corrected chi connectivity index (χ0v) is 10.9. The van der Waals surface area contributed by atoms with Crippen LogP contribution in [-0.4, -0.2) is 49.4 Å². The number of carboxylic acid groups (broad SMARTS) is 1. The normalized spacial score (nSPS) is 11.6. The van der Waals surface area contributed by atoms with Gasteiger partial charge in [0.2, 0.25) is 0 Å². The second-order valence-electron chi connectivity index (χ2n) is 4.39. The van der Waals surface area contributed by atoms with Gasteiger partial charge in [-0.15, -0.1) is 12.4 Å². The van der Waals surface area contributed by atoms with E-state index in [2.05, 4.69) is 27.7 Å². The molecule has 5 heteroatoms. The van der Waals surface area contributed by atoms with Crippen molar-refractivity contribution in [3.63, 3.8) is 0 Å². The molecule has 0 aromatic rings. The third-order valence-electron chi connectivity index (χ3n) is 1.16. The Morgan fingerprint density at radius 3 is 1.73 bits per heavy atom. The van der Waals surface area contributed by atoms with Gasteiger partial charge in [0.25, 0.3) is 0 Å². The van der Waals surface area contributed by atoms with Crippen molar-refractivity contribution in [1.82, 2.24) is 0 Å². The van der Waals surface area contributed by atoms with Gasteiger partial charge >= 0.3 is 0 Å². The second kappa shape index (κ2) is 8.71. The molecule has 4 nitrogen and oxygen atoms in total. The van der Waals surface area contributed by atoms with E-state index in [-0.39, 0.29) is 24.1 Å². The summed E-state index contributed by atoms with van der Waals surface area (Å²) in [5, 5.41) is 18.4. The molecule has 0 saturated carbocycles. The lowest BCUT2D eigenvalue weighted by Crippen LogP contribution is -2.40. The Hall–Kier alpha value is -0.580. The van der Waals surface area contributed by atoms with Crippen LogP contribution in [0.25, 0.3) is 0 Å². The Balaban J connectivity index is -0.000000187. The van der Waals surface area contributed by atoms with Crippen LogP contribution in [0.5, 0.6) is 0 Å². The Morgan fingerprint density at radius 1 is 1.47 bits per heavy atom. The average molecular weight is 240 g/mol. The number of quaternary nitrogens is 1. The average Bonchev–Trinajstić information content (AvgIpc) is 1.81. The van der Waals surface area contributed by atoms with E-state index < -0.39 is 5.97 Å². The predicted molar refractivity (Wildman–Crippen MR) is 61.6 cm³/mol. The van der Waals surface area contributed by atoms with Crippen LogP contribution < -0.4 is 5.11 Å². The lowest BCUT2D eigenvalue weighted by molar-refractivity contribution is -0.873. The highest BCUT2D eigenvalue weighted by Gasteiger charge is 2.09. The van der Waals surface area contributed by atoms with E-state index in [0.717, 1.165) is 11.0 Å². The van der Waals surface area contributed by atoms with Crippen LogP contribution in [0.3, 0.4) is 0 Å². The van der Waals surface area contributed by atoms with E-state index in [4.69, 9.17) is 5.11 Å². The van der Waals surface area contributed by atoms with Crippen molar-refractivity contribution >= 4 is 18.4 Å². The van der Waals surface area contributed by atoms with Crippen LogP contribution in [0.15, 0.2) is 12.2 Å². The Bertz CT molecular complexity index is 185. The summed E-state index contributed by atoms with van der Waals surface area (Å²) in [5.74, 6) is -1.19. The largest absolute Gasteiger partial charge is 0.545 e. The van der Waals surface area contributed by atoms with Gasteiger partial charge in [-0.05, 0) is 19.4 Å². The molecule has 92 valence electrons. The molecular formula is C10H22ClNO3. The summed E-state index contributed by atoms with van der Waals surface area (Å²) in [6, 6.07) is 0. The number of carbonyl (C=O) groups excluding carboxylic acids is 1. The molecule has 1 N–H and O–H groups in total. The number of rotatable bonds is 3. The van der Waals surface area contributed by atoms with Gasteiger partial charge < -0.3 is 19.5 Å². The lowest BCUT2D eigenvalue weighted by Gasteiger charge is -2.24. The first-order valence-electron chi connectivity index (χ1n) is 4.41. The summed E-state index contributed by atoms with van der Waals surface area (Å²) in [4.78, 5) is 9.49. The summed E-state index contributed by atoms with van der Waals surface area (Å²) in [5.41, 5.74) is 0.0648. The number of aliphatic carboxylic acids is 1. The van der Waals surface area contributed by atoms with Crippen LogP contribution >= 0.6 is 12.4 Å². The molecule has 15 heavy (non-hydrogen) atoms. The molecule has 0 saturated heterocycles. The van der Waals surface area contributed by atoms with E-state index in [1.54, 1.807) is 0 Å². The summed E-state index contributed by atoms with van der Waals surface area (Å²) in [7, 11) is 6.19. The highest BCUT2D eigenvalue weighted by atomic mass is 35.5. The Morgan fingerprint density at radius 2 is 1.73 bits per heavy atom. The smallest absolute Gasteiger partial charge is 0.104 e. The van der Waals surface area contributed by atoms with Crippen molar-refractivity contribution in [2.75, 3.05) is 27.7 Å². The minimum absolute atomic E-state index is 0. The number of halogens is 1. The van der Waals surface area contributed by atoms with E-state index in [1.807, 2.05) is 6.92 Å². The summed E-state index contributed by atoms with van der Waals surface area (Å²) < 4.78 is 0.831. The molecular weight excluding hydrogens is 218 g/mol. The number of hydrogen-bond donors (Lipinski definition) is 1. The highest BCUT2D eigenvalue weighted by molar-refractivity contribution is 5.85. The van der Waals surface area contributed by atoms with Crippen LogP contribution in [0.2, 0.25) is 0 Å². The maximum Gasteiger partial charge on any atom is 0.104 e. The van der Waals surface area contributed by atoms with E-state index in [9.17, 15) is 9.90 Å². The number of aliphatic hydroxyl groups excluding tert-OH is 1. The fraction of sp³-hybridized carbons (Fsp3) is 0.700. The minimum atomic E-state index is -1.19. The predicted octanol–water partition coefficient (Wildman–Crippen LogP) is -0.192. The number of carboxylic acids is 1. The number of nitrogens with zero attached hydrogens (tertiary/aromatic N) is 1. The van der Waals surface area contributed by atoms with Gasteiger partial charge in [-0.3, -0.25) is 0 Å². The van der Waals surface area contributed by atoms with Gasteiger partial charge in [0.05, 0.1) is 27.1 Å². The summed E-state index contributed by atoms with van der Waals surface area (Å²) in [6.07, 6.45) is -0.185. The first-order valence-corrected chi connectivity index (χ1v) is 4.41. The number of carbonyl (C=O) groups is 1. The molecule has 0 aliphatic heterocycles. The van der Waals surface area contributed by atoms with Gasteiger partial charge in [-0.1, -0.05) is 6.58 Å². The second-order valence-corrected chi connectivity index (χ2v) is 4.39. The van der Waals surface area contributed by atoms with Crippen molar-refractivity contribution in [2.24, 2.45) is 0 Å². The third kappa shape index (κ3) is 24.7. The van der Waals surface area contributed by atoms with Crippen molar-refractivity contribution in [2.45, 2.75) is 20.0 Å². The van der Waals surface area contributed by atoms with Crippen LogP contribution in [0.4, 0.5) is 0 Å². The Kier molecular flexibility index (Phi) is 11.6. The molecule has 0 rings (SSSR count). The molecule has 0 radical (unpaired) electrons. The summed E-state index contributed by atoms with van der Waals surface area (Å²) in [6.45, 7) is 7.11. The monoisotopic (exact) mass is 239 g/mol. The van der Waals surface area contributed by atoms with Crippen LogP contribution in [0.1, 0.15) is 13.8 Å². The fourth-order valence-electron chi connectivity index (χ4n) is 0.793. The zero-order chi connectivity index (χ0) is 11.9. The number of aliphatic hydroxyl groups is 1. The maximum absolute atomic E-state index is 9.49. The standard InChI is InChI=1S/C6H16NO.C4H6O2.ClH/c1-6(8)5-7(2,3)4;1-3(2)4(5)6;/h6,8H,5H2,1-4H3;1H2,2H3,(H,5,6);1H/q+1;;/p-1. The molecule has 0 aliphatic rings. The number of hydrogen-bond acceptors (Lipinski definition) is 3. The molecule has 1 atom stereocenters. The van der Waals surface area contributed by atoms with Crippen LogP contribution in [0, 0.1) is 0 Å². The molecule has 0 aromatic heterocycles. The molecule has 0 spiro atoms. The molecule has 0 aromatic carbocycles. The van der Waals surface area contributed by atoms with Crippen molar-refractivity contribution < 1.29 is 19.5 Å². The molecule has 0 heterocycles. The first-order chi connectivity index (χ1) is 6.06. The lowest BCUT2D eigenvalue weighted by atomic mass is 10.3. The molecule has 0 amide bonds. The topological polar surface area (TPSA) is 60.4 Å². The maximum atomic E-state index is 9.49. The van der Waals surface area contributed by atoms with Crippen molar-refractivity contribution in [1.29, 1.82) is 0 Å². The van der Waals surface area contributed by atoms with Gasteiger partial charge in [0, 0.05) is 0 Å². The SMILES string of the molecule is C=C(C)C(=O)[O-].CC(O)C[N+](C)(C)C.Cl. The van der Waals surface area contributed by atoms with Gasteiger partial charge in [-0.2, -0.15) is 0 Å². The van der Waals surface area contributed by atoms with Crippen LogP contribution in [-0.2, 0) is 4.79 Å². The van der Waals surface area contributed by atoms with Gasteiger partial charge in [0.1, 0.15) is 12.6 Å². The highest BCUT2D eigenvalue weighted by Crippen LogP contribution is 1.92. The first kappa shape index (κ1) is 19.9. The molecule has 0 aliphatic carbocycles.